The Bertz CT molecular complexity index is 405. The van der Waals surface area contributed by atoms with Crippen LogP contribution in [0.4, 0.5) is 0 Å². The van der Waals surface area contributed by atoms with Crippen LogP contribution >= 0.6 is 11.6 Å². The van der Waals surface area contributed by atoms with E-state index in [1.165, 1.54) is 4.31 Å². The van der Waals surface area contributed by atoms with Crippen molar-refractivity contribution in [3.05, 3.63) is 35.9 Å². The Morgan fingerprint density at radius 1 is 1.25 bits per heavy atom. The summed E-state index contributed by atoms with van der Waals surface area (Å²) in [4.78, 5) is 0. The minimum absolute atomic E-state index is 0.361. The molecule has 0 aliphatic rings. The molecule has 0 bridgehead atoms. The Balaban J connectivity index is 2.81. The Kier molecular flexibility index (Phi) is 5.25. The van der Waals surface area contributed by atoms with Gasteiger partial charge in [-0.15, -0.1) is 11.6 Å². The summed E-state index contributed by atoms with van der Waals surface area (Å²) in [6.07, 6.45) is 0.781. The number of hydrogen-bond acceptors (Lipinski definition) is 2. The standard InChI is InChI=1S/C11H16ClNO2S/c1-2-8-13(16(14,15)10-12)9-11-6-4-3-5-7-11/h3-7H,2,8-10H2,1H3. The van der Waals surface area contributed by atoms with Gasteiger partial charge in [-0.1, -0.05) is 37.3 Å². The van der Waals surface area contributed by atoms with Crippen molar-refractivity contribution in [2.75, 3.05) is 11.8 Å². The van der Waals surface area contributed by atoms with Crippen LogP contribution in [0.3, 0.4) is 0 Å². The zero-order valence-electron chi connectivity index (χ0n) is 9.27. The lowest BCUT2D eigenvalue weighted by atomic mass is 10.2. The maximum absolute atomic E-state index is 11.7. The fraction of sp³-hybridized carbons (Fsp3) is 0.455. The average Bonchev–Trinajstić information content (AvgIpc) is 2.30. The molecule has 0 amide bonds. The van der Waals surface area contributed by atoms with Gasteiger partial charge in [-0.3, -0.25) is 0 Å². The van der Waals surface area contributed by atoms with Gasteiger partial charge in [0.15, 0.2) is 0 Å². The van der Waals surface area contributed by atoms with Crippen LogP contribution in [0.15, 0.2) is 30.3 Å². The molecule has 5 heteroatoms. The molecule has 0 unspecified atom stereocenters. The number of alkyl halides is 1. The van der Waals surface area contributed by atoms with E-state index in [1.807, 2.05) is 37.3 Å². The fourth-order valence-electron chi connectivity index (χ4n) is 1.42. The first-order chi connectivity index (χ1) is 7.60. The van der Waals surface area contributed by atoms with Crippen molar-refractivity contribution in [1.82, 2.24) is 4.31 Å². The lowest BCUT2D eigenvalue weighted by Crippen LogP contribution is -2.32. The lowest BCUT2D eigenvalue weighted by Gasteiger charge is -2.20. The molecular weight excluding hydrogens is 246 g/mol. The van der Waals surface area contributed by atoms with E-state index < -0.39 is 10.0 Å². The van der Waals surface area contributed by atoms with Crippen molar-refractivity contribution in [2.24, 2.45) is 0 Å². The summed E-state index contributed by atoms with van der Waals surface area (Å²) in [6.45, 7) is 2.84. The third-order valence-electron chi connectivity index (χ3n) is 2.21. The van der Waals surface area contributed by atoms with E-state index in [9.17, 15) is 8.42 Å². The second-order valence-electron chi connectivity index (χ2n) is 3.54. The van der Waals surface area contributed by atoms with Crippen LogP contribution in [0.1, 0.15) is 18.9 Å². The van der Waals surface area contributed by atoms with Crippen LogP contribution in [-0.4, -0.2) is 24.5 Å². The summed E-state index contributed by atoms with van der Waals surface area (Å²) < 4.78 is 24.8. The zero-order chi connectivity index (χ0) is 12.0. The van der Waals surface area contributed by atoms with Crippen LogP contribution in [0.25, 0.3) is 0 Å². The summed E-state index contributed by atoms with van der Waals surface area (Å²) in [5, 5.41) is -0.361. The second-order valence-corrected chi connectivity index (χ2v) is 6.09. The van der Waals surface area contributed by atoms with Crippen LogP contribution in [0.2, 0.25) is 0 Å². The van der Waals surface area contributed by atoms with Crippen LogP contribution < -0.4 is 0 Å². The Morgan fingerprint density at radius 3 is 2.38 bits per heavy atom. The van der Waals surface area contributed by atoms with Gasteiger partial charge in [0.05, 0.1) is 0 Å². The predicted octanol–water partition coefficient (Wildman–Crippen LogP) is 2.42. The number of rotatable bonds is 6. The van der Waals surface area contributed by atoms with Crippen molar-refractivity contribution in [3.8, 4) is 0 Å². The minimum Gasteiger partial charge on any atom is -0.211 e. The summed E-state index contributed by atoms with van der Waals surface area (Å²) in [6, 6.07) is 9.52. The van der Waals surface area contributed by atoms with Gasteiger partial charge in [0.1, 0.15) is 5.21 Å². The molecule has 1 aromatic carbocycles. The van der Waals surface area contributed by atoms with Crippen LogP contribution in [0.5, 0.6) is 0 Å². The molecule has 0 fully saturated rings. The molecule has 90 valence electrons. The minimum atomic E-state index is -3.32. The smallest absolute Gasteiger partial charge is 0.211 e. The number of halogens is 1. The first-order valence-electron chi connectivity index (χ1n) is 5.18. The number of hydrogen-bond donors (Lipinski definition) is 0. The molecule has 0 spiro atoms. The van der Waals surface area contributed by atoms with E-state index in [4.69, 9.17) is 11.6 Å². The highest BCUT2D eigenvalue weighted by Crippen LogP contribution is 2.11. The van der Waals surface area contributed by atoms with Crippen molar-refractivity contribution >= 4 is 21.6 Å². The number of sulfonamides is 1. The normalized spacial score (nSPS) is 11.9. The van der Waals surface area contributed by atoms with E-state index in [-0.39, 0.29) is 5.21 Å². The van der Waals surface area contributed by atoms with Crippen LogP contribution in [0, 0.1) is 0 Å². The van der Waals surface area contributed by atoms with E-state index in [0.29, 0.717) is 13.1 Å². The Labute approximate surface area is 102 Å². The number of nitrogens with zero attached hydrogens (tertiary/aromatic N) is 1. The van der Waals surface area contributed by atoms with Gasteiger partial charge in [0.25, 0.3) is 0 Å². The molecule has 0 radical (unpaired) electrons. The SMILES string of the molecule is CCCN(Cc1ccccc1)S(=O)(=O)CCl. The highest BCUT2D eigenvalue weighted by atomic mass is 35.5. The van der Waals surface area contributed by atoms with Crippen molar-refractivity contribution in [2.45, 2.75) is 19.9 Å². The highest BCUT2D eigenvalue weighted by molar-refractivity contribution is 7.90. The molecule has 0 aliphatic heterocycles. The first-order valence-corrected chi connectivity index (χ1v) is 7.32. The zero-order valence-corrected chi connectivity index (χ0v) is 10.8. The van der Waals surface area contributed by atoms with Gasteiger partial charge < -0.3 is 0 Å². The molecule has 1 rings (SSSR count). The summed E-state index contributed by atoms with van der Waals surface area (Å²) >= 11 is 5.46. The molecule has 0 atom stereocenters. The topological polar surface area (TPSA) is 37.4 Å². The summed E-state index contributed by atoms with van der Waals surface area (Å²) in [7, 11) is -3.32. The molecular formula is C11H16ClNO2S. The van der Waals surface area contributed by atoms with Crippen molar-refractivity contribution < 1.29 is 8.42 Å². The molecule has 3 nitrogen and oxygen atoms in total. The maximum atomic E-state index is 11.7. The van der Waals surface area contributed by atoms with Gasteiger partial charge in [0.2, 0.25) is 10.0 Å². The third kappa shape index (κ3) is 3.77. The Morgan fingerprint density at radius 2 is 1.88 bits per heavy atom. The van der Waals surface area contributed by atoms with Gasteiger partial charge in [-0.05, 0) is 12.0 Å². The molecule has 0 aliphatic carbocycles. The second kappa shape index (κ2) is 6.23. The fourth-order valence-corrected chi connectivity index (χ4v) is 2.78. The molecule has 0 heterocycles. The first kappa shape index (κ1) is 13.5. The molecule has 0 saturated heterocycles. The molecule has 1 aromatic rings. The van der Waals surface area contributed by atoms with E-state index >= 15 is 0 Å². The summed E-state index contributed by atoms with van der Waals surface area (Å²) in [5.74, 6) is 0. The lowest BCUT2D eigenvalue weighted by molar-refractivity contribution is 0.408. The maximum Gasteiger partial charge on any atom is 0.228 e. The quantitative estimate of drug-likeness (QED) is 0.738. The van der Waals surface area contributed by atoms with Gasteiger partial charge >= 0.3 is 0 Å². The van der Waals surface area contributed by atoms with Gasteiger partial charge in [0, 0.05) is 13.1 Å². The average molecular weight is 262 g/mol. The molecule has 16 heavy (non-hydrogen) atoms. The highest BCUT2D eigenvalue weighted by Gasteiger charge is 2.19. The monoisotopic (exact) mass is 261 g/mol. The number of benzene rings is 1. The van der Waals surface area contributed by atoms with Crippen molar-refractivity contribution in [3.63, 3.8) is 0 Å². The largest absolute Gasteiger partial charge is 0.228 e. The van der Waals surface area contributed by atoms with Gasteiger partial charge in [-0.25, -0.2) is 8.42 Å². The van der Waals surface area contributed by atoms with Gasteiger partial charge in [-0.2, -0.15) is 4.31 Å². The van der Waals surface area contributed by atoms with E-state index in [0.717, 1.165) is 12.0 Å². The molecule has 0 saturated carbocycles. The van der Waals surface area contributed by atoms with Crippen molar-refractivity contribution in [1.29, 1.82) is 0 Å². The van der Waals surface area contributed by atoms with Crippen LogP contribution in [-0.2, 0) is 16.6 Å². The Hall–Kier alpha value is -0.580. The third-order valence-corrected chi connectivity index (χ3v) is 4.41. The molecule has 0 aromatic heterocycles. The van der Waals surface area contributed by atoms with E-state index in [2.05, 4.69) is 0 Å². The summed E-state index contributed by atoms with van der Waals surface area (Å²) in [5.41, 5.74) is 0.977. The predicted molar refractivity (Wildman–Crippen MR) is 66.8 cm³/mol. The van der Waals surface area contributed by atoms with E-state index in [1.54, 1.807) is 0 Å². The molecule has 0 N–H and O–H groups in total.